The van der Waals surface area contributed by atoms with Crippen LogP contribution in [0.2, 0.25) is 0 Å². The predicted molar refractivity (Wildman–Crippen MR) is 228 cm³/mol. The van der Waals surface area contributed by atoms with Crippen molar-refractivity contribution in [1.29, 1.82) is 0 Å². The van der Waals surface area contributed by atoms with Crippen LogP contribution in [0, 0.1) is 0 Å². The first-order valence-electron chi connectivity index (χ1n) is 18.7. The molecule has 1 aliphatic heterocycles. The lowest BCUT2D eigenvalue weighted by atomic mass is 9.81. The van der Waals surface area contributed by atoms with Crippen LogP contribution in [0.1, 0.15) is 25.0 Å². The van der Waals surface area contributed by atoms with Crippen molar-refractivity contribution in [3.63, 3.8) is 0 Å². The number of para-hydroxylation sites is 1. The summed E-state index contributed by atoms with van der Waals surface area (Å²) >= 11 is 1.83. The fraction of sp³-hybridized carbons (Fsp3) is 0.0800. The minimum absolute atomic E-state index is 0.256. The largest absolute Gasteiger partial charge is 0.497 e. The minimum atomic E-state index is -0.256. The van der Waals surface area contributed by atoms with Crippen LogP contribution in [-0.4, -0.2) is 17.1 Å². The van der Waals surface area contributed by atoms with E-state index in [1.54, 1.807) is 7.11 Å². The Morgan fingerprint density at radius 2 is 1.05 bits per heavy atom. The maximum Gasteiger partial charge on any atom is 0.235 e. The molecule has 4 nitrogen and oxygen atoms in total. The lowest BCUT2D eigenvalue weighted by Crippen LogP contribution is -2.20. The number of hydrogen-bond acceptors (Lipinski definition) is 5. The number of rotatable bonds is 4. The molecule has 1 aliphatic carbocycles. The highest BCUT2D eigenvalue weighted by atomic mass is 32.2. The van der Waals surface area contributed by atoms with Crippen LogP contribution in [0.5, 0.6) is 5.75 Å². The predicted octanol–water partition coefficient (Wildman–Crippen LogP) is 13.5. The molecule has 9 aromatic rings. The lowest BCUT2D eigenvalue weighted by molar-refractivity contribution is 0.415. The molecular weight excluding hydrogens is 691 g/mol. The van der Waals surface area contributed by atoms with Gasteiger partial charge < -0.3 is 4.74 Å². The van der Waals surface area contributed by atoms with Crippen molar-refractivity contribution >= 4 is 61.4 Å². The highest BCUT2D eigenvalue weighted by Crippen LogP contribution is 2.58. The van der Waals surface area contributed by atoms with Gasteiger partial charge in [-0.25, -0.2) is 9.97 Å². The van der Waals surface area contributed by atoms with E-state index < -0.39 is 0 Å². The second-order valence-electron chi connectivity index (χ2n) is 15.0. The molecular formula is C50H35N3OS. The molecule has 55 heavy (non-hydrogen) atoms. The van der Waals surface area contributed by atoms with Gasteiger partial charge in [-0.3, -0.25) is 4.90 Å². The third-order valence-electron chi connectivity index (χ3n) is 11.5. The van der Waals surface area contributed by atoms with E-state index in [9.17, 15) is 0 Å². The zero-order valence-electron chi connectivity index (χ0n) is 30.7. The molecule has 8 aromatic carbocycles. The molecule has 0 atom stereocenters. The van der Waals surface area contributed by atoms with Gasteiger partial charge in [0.1, 0.15) is 5.75 Å². The summed E-state index contributed by atoms with van der Waals surface area (Å²) in [5.41, 5.74) is 11.0. The molecule has 5 heteroatoms. The van der Waals surface area contributed by atoms with Crippen molar-refractivity contribution in [2.24, 2.45) is 0 Å². The number of benzene rings is 8. The standard InChI is InChI=1S/C50H35N3OS/c1-50(2)41-26-38-35-23-22-32(54-3)24-36(35)33-18-10-11-19-34(33)37(38)25-39(41)40-27-48-46(28-42(40)50)53(45-20-12-13-21-47(45)55-48)49-51-43(30-14-6-4-7-15-30)29-44(52-49)31-16-8-5-9-17-31/h4-29H,1-3H3. The SMILES string of the molecule is COc1ccc2c(c1)c1ccccc1c1cc3c(cc21)C(C)(C)c1cc2c(cc1-3)Sc1ccccc1N2c1nc(-c2ccccc2)cc(-c2ccccc2)n1. The van der Waals surface area contributed by atoms with Crippen LogP contribution >= 0.6 is 11.8 Å². The zero-order valence-corrected chi connectivity index (χ0v) is 31.5. The average Bonchev–Trinajstić information content (AvgIpc) is 3.45. The first-order chi connectivity index (χ1) is 27.0. The average molecular weight is 726 g/mol. The zero-order chi connectivity index (χ0) is 36.8. The van der Waals surface area contributed by atoms with E-state index in [2.05, 4.69) is 164 Å². The smallest absolute Gasteiger partial charge is 0.235 e. The van der Waals surface area contributed by atoms with Crippen molar-refractivity contribution in [3.8, 4) is 39.4 Å². The summed E-state index contributed by atoms with van der Waals surface area (Å²) in [6, 6.07) is 56.6. The maximum atomic E-state index is 5.69. The summed E-state index contributed by atoms with van der Waals surface area (Å²) in [6.07, 6.45) is 0. The highest BCUT2D eigenvalue weighted by molar-refractivity contribution is 7.99. The summed E-state index contributed by atoms with van der Waals surface area (Å²) in [7, 11) is 1.74. The van der Waals surface area contributed by atoms with Crippen molar-refractivity contribution in [1.82, 2.24) is 9.97 Å². The summed E-state index contributed by atoms with van der Waals surface area (Å²) < 4.78 is 5.69. The lowest BCUT2D eigenvalue weighted by Gasteiger charge is -2.33. The second kappa shape index (κ2) is 12.0. The van der Waals surface area contributed by atoms with Crippen LogP contribution < -0.4 is 9.64 Å². The molecule has 11 rings (SSSR count). The molecule has 0 fully saturated rings. The van der Waals surface area contributed by atoms with Crippen molar-refractivity contribution in [3.05, 3.63) is 169 Å². The molecule has 0 unspecified atom stereocenters. The number of methoxy groups -OCH3 is 1. The van der Waals surface area contributed by atoms with Crippen LogP contribution in [0.3, 0.4) is 0 Å². The fourth-order valence-electron chi connectivity index (χ4n) is 8.80. The van der Waals surface area contributed by atoms with E-state index in [4.69, 9.17) is 14.7 Å². The number of ether oxygens (including phenoxy) is 1. The summed E-state index contributed by atoms with van der Waals surface area (Å²) in [4.78, 5) is 15.3. The number of fused-ring (bicyclic) bond motifs is 11. The maximum absolute atomic E-state index is 5.69. The number of hydrogen-bond donors (Lipinski definition) is 0. The Morgan fingerprint density at radius 1 is 0.491 bits per heavy atom. The van der Waals surface area contributed by atoms with Gasteiger partial charge in [0, 0.05) is 26.3 Å². The van der Waals surface area contributed by atoms with E-state index in [-0.39, 0.29) is 5.41 Å². The van der Waals surface area contributed by atoms with Crippen molar-refractivity contribution in [2.75, 3.05) is 12.0 Å². The third-order valence-corrected chi connectivity index (χ3v) is 12.7. The molecule has 262 valence electrons. The monoisotopic (exact) mass is 725 g/mol. The molecule has 0 radical (unpaired) electrons. The van der Waals surface area contributed by atoms with Crippen molar-refractivity contribution in [2.45, 2.75) is 29.1 Å². The molecule has 0 saturated heterocycles. The van der Waals surface area contributed by atoms with Crippen LogP contribution in [0.15, 0.2) is 168 Å². The second-order valence-corrected chi connectivity index (χ2v) is 16.1. The number of aromatic nitrogens is 2. The molecule has 0 saturated carbocycles. The Labute approximate surface area is 324 Å². The minimum Gasteiger partial charge on any atom is -0.497 e. The quantitative estimate of drug-likeness (QED) is 0.169. The summed E-state index contributed by atoms with van der Waals surface area (Å²) in [6.45, 7) is 4.74. The molecule has 0 spiro atoms. The molecule has 0 amide bonds. The van der Waals surface area contributed by atoms with Gasteiger partial charge >= 0.3 is 0 Å². The summed E-state index contributed by atoms with van der Waals surface area (Å²) in [5, 5.41) is 7.48. The highest BCUT2D eigenvalue weighted by Gasteiger charge is 2.39. The van der Waals surface area contributed by atoms with Gasteiger partial charge in [-0.2, -0.15) is 0 Å². The Kier molecular flexibility index (Phi) is 7.01. The number of nitrogens with zero attached hydrogens (tertiary/aromatic N) is 3. The summed E-state index contributed by atoms with van der Waals surface area (Å²) in [5.74, 6) is 1.52. The van der Waals surface area contributed by atoms with Crippen molar-refractivity contribution < 1.29 is 4.74 Å². The van der Waals surface area contributed by atoms with Gasteiger partial charge in [0.25, 0.3) is 0 Å². The van der Waals surface area contributed by atoms with E-state index in [0.29, 0.717) is 5.95 Å². The van der Waals surface area contributed by atoms with E-state index in [1.165, 1.54) is 64.4 Å². The first-order valence-corrected chi connectivity index (χ1v) is 19.5. The van der Waals surface area contributed by atoms with E-state index in [1.807, 2.05) is 23.9 Å². The molecule has 0 bridgehead atoms. The number of anilines is 3. The Hall–Kier alpha value is -6.43. The molecule has 1 aromatic heterocycles. The van der Waals surface area contributed by atoms with Crippen LogP contribution in [0.4, 0.5) is 17.3 Å². The van der Waals surface area contributed by atoms with Gasteiger partial charge in [0.05, 0.1) is 29.9 Å². The Balaban J connectivity index is 1.15. The van der Waals surface area contributed by atoms with Gasteiger partial charge in [0.15, 0.2) is 0 Å². The van der Waals surface area contributed by atoms with Crippen LogP contribution in [-0.2, 0) is 5.41 Å². The van der Waals surface area contributed by atoms with E-state index in [0.717, 1.165) is 39.6 Å². The topological polar surface area (TPSA) is 38.2 Å². The molecule has 0 N–H and O–H groups in total. The van der Waals surface area contributed by atoms with Gasteiger partial charge in [-0.05, 0) is 109 Å². The Morgan fingerprint density at radius 3 is 1.75 bits per heavy atom. The normalized spacial score (nSPS) is 13.8. The van der Waals surface area contributed by atoms with Gasteiger partial charge in [0.2, 0.25) is 5.95 Å². The third kappa shape index (κ3) is 4.86. The first kappa shape index (κ1) is 32.0. The van der Waals surface area contributed by atoms with Crippen LogP contribution in [0.25, 0.3) is 66.0 Å². The van der Waals surface area contributed by atoms with Gasteiger partial charge in [-0.15, -0.1) is 0 Å². The van der Waals surface area contributed by atoms with Gasteiger partial charge in [-0.1, -0.05) is 129 Å². The van der Waals surface area contributed by atoms with E-state index >= 15 is 0 Å². The Bertz CT molecular complexity index is 2970. The molecule has 2 aliphatic rings. The fourth-order valence-corrected chi connectivity index (χ4v) is 9.88. The molecule has 2 heterocycles.